The van der Waals surface area contributed by atoms with Gasteiger partial charge >= 0.3 is 0 Å². The van der Waals surface area contributed by atoms with Crippen LogP contribution in [-0.4, -0.2) is 5.75 Å². The van der Waals surface area contributed by atoms with Crippen LogP contribution in [0.1, 0.15) is 5.56 Å². The number of anilines is 1. The van der Waals surface area contributed by atoms with Crippen LogP contribution in [0, 0.1) is 6.92 Å². The van der Waals surface area contributed by atoms with Crippen LogP contribution in [0.4, 0.5) is 5.69 Å². The van der Waals surface area contributed by atoms with Crippen LogP contribution in [0.5, 0.6) is 0 Å². The van der Waals surface area contributed by atoms with E-state index >= 15 is 0 Å². The normalized spacial score (nSPS) is 10.9. The monoisotopic (exact) mass is 213 g/mol. The zero-order valence-corrected chi connectivity index (χ0v) is 9.03. The van der Waals surface area contributed by atoms with Crippen molar-refractivity contribution in [1.29, 1.82) is 0 Å². The second-order valence-electron chi connectivity index (χ2n) is 2.70. The van der Waals surface area contributed by atoms with Crippen molar-refractivity contribution in [2.75, 3.05) is 11.5 Å². The molecule has 13 heavy (non-hydrogen) atoms. The van der Waals surface area contributed by atoms with Crippen LogP contribution < -0.4 is 5.73 Å². The van der Waals surface area contributed by atoms with Crippen LogP contribution in [-0.2, 0) is 0 Å². The van der Waals surface area contributed by atoms with Crippen molar-refractivity contribution < 1.29 is 0 Å². The van der Waals surface area contributed by atoms with E-state index < -0.39 is 0 Å². The third-order valence-electron chi connectivity index (χ3n) is 1.64. The number of rotatable bonds is 3. The van der Waals surface area contributed by atoms with Gasteiger partial charge in [0.1, 0.15) is 0 Å². The molecule has 0 saturated carbocycles. The molecule has 70 valence electrons. The lowest BCUT2D eigenvalue weighted by Gasteiger charge is -2.04. The molecule has 0 fully saturated rings. The molecule has 1 rings (SSSR count). The van der Waals surface area contributed by atoms with Crippen LogP contribution in [0.3, 0.4) is 0 Å². The van der Waals surface area contributed by atoms with Gasteiger partial charge in [-0.1, -0.05) is 23.7 Å². The maximum absolute atomic E-state index is 5.67. The number of nitrogens with two attached hydrogens (primary N) is 1. The largest absolute Gasteiger partial charge is 0.399 e. The van der Waals surface area contributed by atoms with E-state index in [9.17, 15) is 0 Å². The minimum Gasteiger partial charge on any atom is -0.399 e. The molecule has 1 nitrogen and oxygen atoms in total. The molecular weight excluding hydrogens is 202 g/mol. The van der Waals surface area contributed by atoms with Crippen molar-refractivity contribution in [3.63, 3.8) is 0 Å². The molecule has 1 aromatic carbocycles. The van der Waals surface area contributed by atoms with Gasteiger partial charge in [-0.05, 0) is 24.6 Å². The molecular formula is C10H12ClNS. The number of hydrogen-bond acceptors (Lipinski definition) is 2. The lowest BCUT2D eigenvalue weighted by atomic mass is 10.2. The topological polar surface area (TPSA) is 26.0 Å². The molecule has 0 aromatic heterocycles. The number of hydrogen-bond donors (Lipinski definition) is 1. The van der Waals surface area contributed by atoms with Crippen molar-refractivity contribution >= 4 is 29.1 Å². The highest BCUT2D eigenvalue weighted by Gasteiger charge is 1.97. The Morgan fingerprint density at radius 1 is 1.54 bits per heavy atom. The third-order valence-corrected chi connectivity index (χ3v) is 2.92. The van der Waals surface area contributed by atoms with Crippen LogP contribution >= 0.6 is 23.4 Å². The van der Waals surface area contributed by atoms with E-state index in [0.717, 1.165) is 11.4 Å². The zero-order valence-electron chi connectivity index (χ0n) is 7.46. The van der Waals surface area contributed by atoms with Crippen LogP contribution in [0.2, 0.25) is 0 Å². The van der Waals surface area contributed by atoms with Gasteiger partial charge < -0.3 is 5.73 Å². The molecule has 0 amide bonds. The van der Waals surface area contributed by atoms with E-state index in [4.69, 9.17) is 17.3 Å². The van der Waals surface area contributed by atoms with Crippen molar-refractivity contribution in [3.8, 4) is 0 Å². The van der Waals surface area contributed by atoms with Gasteiger partial charge in [0.05, 0.1) is 0 Å². The Hall–Kier alpha value is -0.600. The molecule has 1 aromatic rings. The molecule has 0 radical (unpaired) electrons. The predicted octanol–water partition coefficient (Wildman–Crippen LogP) is 3.42. The molecule has 0 aliphatic heterocycles. The first-order valence-electron chi connectivity index (χ1n) is 3.98. The maximum atomic E-state index is 5.67. The summed E-state index contributed by atoms with van der Waals surface area (Å²) in [5, 5.41) is 0. The summed E-state index contributed by atoms with van der Waals surface area (Å²) in [4.78, 5) is 1.22. The first-order valence-corrected chi connectivity index (χ1v) is 5.40. The van der Waals surface area contributed by atoms with Crippen molar-refractivity contribution in [3.05, 3.63) is 35.4 Å². The molecule has 0 bridgehead atoms. The molecule has 2 N–H and O–H groups in total. The minimum absolute atomic E-state index is 0.808. The lowest BCUT2D eigenvalue weighted by molar-refractivity contribution is 1.31. The molecule has 0 aliphatic carbocycles. The van der Waals surface area contributed by atoms with Gasteiger partial charge in [-0.25, -0.2) is 0 Å². The van der Waals surface area contributed by atoms with Gasteiger partial charge in [0.25, 0.3) is 0 Å². The zero-order chi connectivity index (χ0) is 9.68. The highest BCUT2D eigenvalue weighted by atomic mass is 35.5. The Morgan fingerprint density at radius 2 is 2.31 bits per heavy atom. The van der Waals surface area contributed by atoms with Crippen molar-refractivity contribution in [1.82, 2.24) is 0 Å². The summed E-state index contributed by atoms with van der Waals surface area (Å²) in [7, 11) is 0. The summed E-state index contributed by atoms with van der Waals surface area (Å²) in [6.07, 6.45) is 1.91. The van der Waals surface area contributed by atoms with E-state index in [1.165, 1.54) is 16.0 Å². The average molecular weight is 214 g/mol. The Bertz CT molecular complexity index is 310. The van der Waals surface area contributed by atoms with Crippen LogP contribution in [0.25, 0.3) is 0 Å². The minimum atomic E-state index is 0.808. The average Bonchev–Trinajstić information content (AvgIpc) is 2.11. The molecule has 0 spiro atoms. The van der Waals surface area contributed by atoms with Gasteiger partial charge in [0, 0.05) is 21.9 Å². The predicted molar refractivity (Wildman–Crippen MR) is 61.3 cm³/mol. The van der Waals surface area contributed by atoms with Gasteiger partial charge in [-0.3, -0.25) is 0 Å². The number of halogens is 1. The summed E-state index contributed by atoms with van der Waals surface area (Å²) in [5.41, 5.74) is 9.27. The quantitative estimate of drug-likeness (QED) is 0.615. The van der Waals surface area contributed by atoms with E-state index in [2.05, 4.69) is 6.92 Å². The van der Waals surface area contributed by atoms with Gasteiger partial charge in [0.15, 0.2) is 0 Å². The van der Waals surface area contributed by atoms with E-state index in [0.29, 0.717) is 0 Å². The van der Waals surface area contributed by atoms with Gasteiger partial charge in [-0.15, -0.1) is 11.8 Å². The standard InChI is InChI=1S/C10H12ClNS/c1-8-3-4-9(12)7-10(8)13-6-2-5-11/h2-5,7H,6,12H2,1H3/b5-2+. The fourth-order valence-corrected chi connectivity index (χ4v) is 2.03. The summed E-state index contributed by atoms with van der Waals surface area (Å²) >= 11 is 7.15. The lowest BCUT2D eigenvalue weighted by Crippen LogP contribution is -1.87. The first kappa shape index (κ1) is 10.5. The van der Waals surface area contributed by atoms with E-state index in [1.54, 1.807) is 11.8 Å². The number of benzene rings is 1. The van der Waals surface area contributed by atoms with Crippen molar-refractivity contribution in [2.24, 2.45) is 0 Å². The second kappa shape index (κ2) is 5.20. The SMILES string of the molecule is Cc1ccc(N)cc1SC/C=C/Cl. The number of aryl methyl sites for hydroxylation is 1. The molecule has 0 atom stereocenters. The Kier molecular flexibility index (Phi) is 4.19. The Labute approximate surface area is 88.0 Å². The summed E-state index contributed by atoms with van der Waals surface area (Å²) in [6, 6.07) is 5.93. The summed E-state index contributed by atoms with van der Waals surface area (Å²) < 4.78 is 0. The fourth-order valence-electron chi connectivity index (χ4n) is 0.946. The van der Waals surface area contributed by atoms with Crippen LogP contribution in [0.15, 0.2) is 34.7 Å². The maximum Gasteiger partial charge on any atom is 0.0325 e. The second-order valence-corrected chi connectivity index (χ2v) is 4.01. The molecule has 0 saturated heterocycles. The Balaban J connectivity index is 2.69. The van der Waals surface area contributed by atoms with Gasteiger partial charge in [0.2, 0.25) is 0 Å². The molecule has 0 aliphatic rings. The molecule has 0 heterocycles. The number of thioether (sulfide) groups is 1. The smallest absolute Gasteiger partial charge is 0.0325 e. The van der Waals surface area contributed by atoms with Crippen molar-refractivity contribution in [2.45, 2.75) is 11.8 Å². The van der Waals surface area contributed by atoms with E-state index in [-0.39, 0.29) is 0 Å². The summed E-state index contributed by atoms with van der Waals surface area (Å²) in [5.74, 6) is 0.883. The highest BCUT2D eigenvalue weighted by Crippen LogP contribution is 2.24. The highest BCUT2D eigenvalue weighted by molar-refractivity contribution is 7.99. The third kappa shape index (κ3) is 3.33. The first-order chi connectivity index (χ1) is 6.24. The summed E-state index contributed by atoms with van der Waals surface area (Å²) in [6.45, 7) is 2.08. The molecule has 0 unspecified atom stereocenters. The van der Waals surface area contributed by atoms with E-state index in [1.807, 2.05) is 24.3 Å². The Morgan fingerprint density at radius 3 is 3.00 bits per heavy atom. The fraction of sp³-hybridized carbons (Fsp3) is 0.200. The number of nitrogen functional groups attached to an aromatic ring is 1. The molecule has 3 heteroatoms. The van der Waals surface area contributed by atoms with Gasteiger partial charge in [-0.2, -0.15) is 0 Å².